The molecule has 1 aromatic heterocycles. The maximum Gasteiger partial charge on any atom is 0.196 e. The van der Waals surface area contributed by atoms with E-state index >= 15 is 0 Å². The first kappa shape index (κ1) is 13.9. The van der Waals surface area contributed by atoms with Crippen LogP contribution in [0, 0.1) is 23.3 Å². The molecule has 2 N–H and O–H groups in total. The summed E-state index contributed by atoms with van der Waals surface area (Å²) in [6.45, 7) is 0. The number of fused-ring (bicyclic) bond motifs is 1. The smallest absolute Gasteiger partial charge is 0.196 e. The van der Waals surface area contributed by atoms with Crippen molar-refractivity contribution in [2.45, 2.75) is 0 Å². The van der Waals surface area contributed by atoms with E-state index in [1.165, 1.54) is 12.3 Å². The first-order chi connectivity index (χ1) is 9.99. The molecule has 3 nitrogen and oxygen atoms in total. The average Bonchev–Trinajstić information content (AvgIpc) is 2.93. The SMILES string of the molecule is Fc1ccc(Nc2cc3cn[nH]c3c(F)c2Br)c(F)c1F. The fourth-order valence-corrected chi connectivity index (χ4v) is 2.30. The van der Waals surface area contributed by atoms with Gasteiger partial charge in [0, 0.05) is 5.39 Å². The Labute approximate surface area is 124 Å². The molecule has 0 amide bonds. The molecule has 0 aliphatic carbocycles. The van der Waals surface area contributed by atoms with Crippen LogP contribution in [0.15, 0.2) is 28.9 Å². The second kappa shape index (κ2) is 5.03. The molecule has 0 aliphatic rings. The standard InChI is InChI=1S/C13H6BrF4N3/c14-9-8(3-5-4-19-21-13(5)12(9)18)20-7-2-1-6(15)10(16)11(7)17/h1-4,20H,(H,19,21). The fourth-order valence-electron chi connectivity index (χ4n) is 1.89. The van der Waals surface area contributed by atoms with Crippen LogP contribution in [0.1, 0.15) is 0 Å². The van der Waals surface area contributed by atoms with E-state index in [9.17, 15) is 17.6 Å². The number of benzene rings is 2. The molecule has 8 heteroatoms. The van der Waals surface area contributed by atoms with Crippen LogP contribution in [-0.4, -0.2) is 10.2 Å². The third kappa shape index (κ3) is 2.25. The topological polar surface area (TPSA) is 40.7 Å². The van der Waals surface area contributed by atoms with Crippen LogP contribution in [0.2, 0.25) is 0 Å². The summed E-state index contributed by atoms with van der Waals surface area (Å²) in [7, 11) is 0. The molecule has 0 atom stereocenters. The molecule has 108 valence electrons. The van der Waals surface area contributed by atoms with Crippen LogP contribution in [0.25, 0.3) is 10.9 Å². The highest BCUT2D eigenvalue weighted by Crippen LogP contribution is 2.34. The zero-order valence-corrected chi connectivity index (χ0v) is 11.7. The van der Waals surface area contributed by atoms with E-state index in [0.717, 1.165) is 12.1 Å². The molecule has 21 heavy (non-hydrogen) atoms. The molecular formula is C13H6BrF4N3. The lowest BCUT2D eigenvalue weighted by Crippen LogP contribution is -2.00. The molecule has 0 radical (unpaired) electrons. The fraction of sp³-hybridized carbons (Fsp3) is 0. The van der Waals surface area contributed by atoms with Gasteiger partial charge in [-0.3, -0.25) is 5.10 Å². The quantitative estimate of drug-likeness (QED) is 0.517. The van der Waals surface area contributed by atoms with Crippen molar-refractivity contribution in [2.75, 3.05) is 5.32 Å². The van der Waals surface area contributed by atoms with Gasteiger partial charge in [0.25, 0.3) is 0 Å². The molecular weight excluding hydrogens is 354 g/mol. The molecule has 2 aromatic carbocycles. The number of aromatic amines is 1. The number of nitrogens with one attached hydrogen (secondary N) is 2. The minimum Gasteiger partial charge on any atom is -0.352 e. The first-order valence-corrected chi connectivity index (χ1v) is 6.50. The van der Waals surface area contributed by atoms with E-state index in [2.05, 4.69) is 31.4 Å². The Bertz CT molecular complexity index is 847. The highest BCUT2D eigenvalue weighted by atomic mass is 79.9. The van der Waals surface area contributed by atoms with Crippen molar-refractivity contribution in [3.8, 4) is 0 Å². The normalized spacial score (nSPS) is 11.1. The van der Waals surface area contributed by atoms with E-state index in [1.807, 2.05) is 0 Å². The van der Waals surface area contributed by atoms with Crippen molar-refractivity contribution in [3.63, 3.8) is 0 Å². The van der Waals surface area contributed by atoms with Gasteiger partial charge < -0.3 is 5.32 Å². The Morgan fingerprint density at radius 1 is 1.00 bits per heavy atom. The van der Waals surface area contributed by atoms with Gasteiger partial charge >= 0.3 is 0 Å². The Morgan fingerprint density at radius 3 is 2.52 bits per heavy atom. The highest BCUT2D eigenvalue weighted by Gasteiger charge is 2.17. The Morgan fingerprint density at radius 2 is 1.76 bits per heavy atom. The van der Waals surface area contributed by atoms with Crippen molar-refractivity contribution < 1.29 is 17.6 Å². The third-order valence-electron chi connectivity index (χ3n) is 2.92. The van der Waals surface area contributed by atoms with E-state index in [-0.39, 0.29) is 21.4 Å². The zero-order chi connectivity index (χ0) is 15.1. The second-order valence-electron chi connectivity index (χ2n) is 4.23. The molecule has 0 aliphatic heterocycles. The highest BCUT2D eigenvalue weighted by molar-refractivity contribution is 9.10. The van der Waals surface area contributed by atoms with Crippen molar-refractivity contribution >= 4 is 38.2 Å². The van der Waals surface area contributed by atoms with Gasteiger partial charge in [0.1, 0.15) is 5.52 Å². The van der Waals surface area contributed by atoms with Gasteiger partial charge in [0.05, 0.1) is 22.0 Å². The van der Waals surface area contributed by atoms with Crippen LogP contribution in [0.3, 0.4) is 0 Å². The summed E-state index contributed by atoms with van der Waals surface area (Å²) in [4.78, 5) is 0. The summed E-state index contributed by atoms with van der Waals surface area (Å²) >= 11 is 3.03. The van der Waals surface area contributed by atoms with Gasteiger partial charge in [-0.1, -0.05) is 0 Å². The van der Waals surface area contributed by atoms with Gasteiger partial charge in [-0.15, -0.1) is 0 Å². The zero-order valence-electron chi connectivity index (χ0n) is 10.1. The largest absolute Gasteiger partial charge is 0.352 e. The number of rotatable bonds is 2. The number of H-pyrrole nitrogens is 1. The van der Waals surface area contributed by atoms with Gasteiger partial charge in [0.15, 0.2) is 23.3 Å². The number of nitrogens with zero attached hydrogens (tertiary/aromatic N) is 1. The lowest BCUT2D eigenvalue weighted by molar-refractivity contribution is 0.449. The van der Waals surface area contributed by atoms with Crippen molar-refractivity contribution in [3.05, 3.63) is 52.1 Å². The summed E-state index contributed by atoms with van der Waals surface area (Å²) < 4.78 is 53.8. The molecule has 0 saturated heterocycles. The van der Waals surface area contributed by atoms with Gasteiger partial charge in [-0.2, -0.15) is 5.10 Å². The molecule has 3 aromatic rings. The number of hydrogen-bond donors (Lipinski definition) is 2. The number of aromatic nitrogens is 2. The predicted octanol–water partition coefficient (Wildman–Crippen LogP) is 4.63. The summed E-state index contributed by atoms with van der Waals surface area (Å²) in [5.41, 5.74) is 0.0290. The number of halogens is 5. The Balaban J connectivity index is 2.10. The van der Waals surface area contributed by atoms with Crippen LogP contribution >= 0.6 is 15.9 Å². The van der Waals surface area contributed by atoms with Crippen LogP contribution in [-0.2, 0) is 0 Å². The summed E-state index contributed by atoms with van der Waals surface area (Å²) in [5.74, 6) is -4.90. The summed E-state index contributed by atoms with van der Waals surface area (Å²) in [5, 5.41) is 9.15. The molecule has 0 spiro atoms. The van der Waals surface area contributed by atoms with E-state index < -0.39 is 23.3 Å². The van der Waals surface area contributed by atoms with Gasteiger partial charge in [-0.05, 0) is 34.1 Å². The Kier molecular flexibility index (Phi) is 3.32. The molecule has 0 fully saturated rings. The minimum absolute atomic E-state index is 0.0170. The maximum atomic E-state index is 14.1. The summed E-state index contributed by atoms with van der Waals surface area (Å²) in [6.07, 6.45) is 1.39. The van der Waals surface area contributed by atoms with Crippen molar-refractivity contribution in [2.24, 2.45) is 0 Å². The first-order valence-electron chi connectivity index (χ1n) is 5.70. The Hall–Kier alpha value is -2.09. The molecule has 0 bridgehead atoms. The van der Waals surface area contributed by atoms with Gasteiger partial charge in [0.2, 0.25) is 0 Å². The van der Waals surface area contributed by atoms with E-state index in [4.69, 9.17) is 0 Å². The minimum atomic E-state index is -1.60. The average molecular weight is 360 g/mol. The lowest BCUT2D eigenvalue weighted by Gasteiger charge is -2.11. The number of anilines is 2. The van der Waals surface area contributed by atoms with E-state index in [1.54, 1.807) is 0 Å². The van der Waals surface area contributed by atoms with Crippen molar-refractivity contribution in [1.29, 1.82) is 0 Å². The molecule has 0 unspecified atom stereocenters. The van der Waals surface area contributed by atoms with Crippen molar-refractivity contribution in [1.82, 2.24) is 10.2 Å². The monoisotopic (exact) mass is 359 g/mol. The lowest BCUT2D eigenvalue weighted by atomic mass is 10.2. The third-order valence-corrected chi connectivity index (χ3v) is 3.70. The predicted molar refractivity (Wildman–Crippen MR) is 73.4 cm³/mol. The molecule has 1 heterocycles. The van der Waals surface area contributed by atoms with Gasteiger partial charge in [-0.25, -0.2) is 17.6 Å². The van der Waals surface area contributed by atoms with Crippen LogP contribution < -0.4 is 5.32 Å². The maximum absolute atomic E-state index is 14.1. The second-order valence-corrected chi connectivity index (χ2v) is 5.03. The number of hydrogen-bond acceptors (Lipinski definition) is 2. The van der Waals surface area contributed by atoms with Crippen LogP contribution in [0.5, 0.6) is 0 Å². The molecule has 0 saturated carbocycles. The van der Waals surface area contributed by atoms with Crippen LogP contribution in [0.4, 0.5) is 28.9 Å². The summed E-state index contributed by atoms with van der Waals surface area (Å²) in [6, 6.07) is 3.30. The molecule has 3 rings (SSSR count). The van der Waals surface area contributed by atoms with E-state index in [0.29, 0.717) is 5.39 Å².